The van der Waals surface area contributed by atoms with E-state index in [-0.39, 0.29) is 0 Å². The summed E-state index contributed by atoms with van der Waals surface area (Å²) < 4.78 is 6.30. The zero-order valence-corrected chi connectivity index (χ0v) is 10.3. The van der Waals surface area contributed by atoms with Gasteiger partial charge < -0.3 is 4.43 Å². The zero-order chi connectivity index (χ0) is 10.3. The van der Waals surface area contributed by atoms with Gasteiger partial charge in [0.15, 0.2) is 0 Å². The second-order valence-corrected chi connectivity index (χ2v) is 8.93. The van der Waals surface area contributed by atoms with Gasteiger partial charge in [-0.05, 0) is 22.7 Å². The fourth-order valence-electron chi connectivity index (χ4n) is 3.48. The van der Waals surface area contributed by atoms with Crippen LogP contribution in [-0.2, 0) is 4.43 Å². The smallest absolute Gasteiger partial charge is 0.227 e. The molecule has 80 valence electrons. The molecule has 3 rings (SSSR count). The first-order valence-electron chi connectivity index (χ1n) is 6.02. The van der Waals surface area contributed by atoms with Crippen LogP contribution in [0.2, 0.25) is 11.6 Å². The first-order chi connectivity index (χ1) is 7.33. The summed E-state index contributed by atoms with van der Waals surface area (Å²) in [6.07, 6.45) is 2.79. The predicted molar refractivity (Wildman–Crippen MR) is 64.7 cm³/mol. The number of hydrogen-bond acceptors (Lipinski definition) is 1. The molecule has 1 aromatic carbocycles. The highest BCUT2D eigenvalue weighted by molar-refractivity contribution is 6.88. The highest BCUT2D eigenvalue weighted by Crippen LogP contribution is 2.49. The minimum atomic E-state index is -1.54. The molecule has 2 heteroatoms. The lowest BCUT2D eigenvalue weighted by atomic mass is 10.1. The molecular formula is C13H18OSi. The van der Waals surface area contributed by atoms with Crippen LogP contribution in [0.25, 0.3) is 0 Å². The van der Waals surface area contributed by atoms with Crippen LogP contribution >= 0.6 is 0 Å². The van der Waals surface area contributed by atoms with Crippen LogP contribution in [0.15, 0.2) is 30.3 Å². The van der Waals surface area contributed by atoms with Gasteiger partial charge in [-0.15, -0.1) is 0 Å². The molecular weight excluding hydrogens is 200 g/mol. The maximum atomic E-state index is 6.30. The maximum absolute atomic E-state index is 6.30. The van der Waals surface area contributed by atoms with Crippen LogP contribution < -0.4 is 5.19 Å². The summed E-state index contributed by atoms with van der Waals surface area (Å²) in [4.78, 5) is 0. The molecule has 1 nitrogen and oxygen atoms in total. The van der Waals surface area contributed by atoms with E-state index in [9.17, 15) is 0 Å². The first-order valence-corrected chi connectivity index (χ1v) is 8.22. The predicted octanol–water partition coefficient (Wildman–Crippen LogP) is 2.67. The lowest BCUT2D eigenvalue weighted by Crippen LogP contribution is -2.48. The van der Waals surface area contributed by atoms with E-state index in [1.807, 2.05) is 0 Å². The molecule has 0 radical (unpaired) electrons. The third kappa shape index (κ3) is 1.31. The summed E-state index contributed by atoms with van der Waals surface area (Å²) in [6.45, 7) is 3.37. The summed E-state index contributed by atoms with van der Waals surface area (Å²) >= 11 is 0. The van der Waals surface area contributed by atoms with Crippen molar-refractivity contribution in [1.82, 2.24) is 0 Å². The Kier molecular flexibility index (Phi) is 2.22. The maximum Gasteiger partial charge on any atom is 0.227 e. The molecule has 2 heterocycles. The van der Waals surface area contributed by atoms with Crippen LogP contribution in [-0.4, -0.2) is 14.9 Å². The number of hydrogen-bond donors (Lipinski definition) is 0. The van der Waals surface area contributed by atoms with E-state index in [4.69, 9.17) is 4.43 Å². The van der Waals surface area contributed by atoms with Crippen LogP contribution in [0, 0.1) is 5.92 Å². The van der Waals surface area contributed by atoms with E-state index in [2.05, 4.69) is 37.3 Å². The van der Waals surface area contributed by atoms with Crippen molar-refractivity contribution >= 4 is 13.5 Å². The van der Waals surface area contributed by atoms with E-state index in [1.165, 1.54) is 24.1 Å². The molecule has 2 aliphatic rings. The molecule has 0 aliphatic carbocycles. The Bertz CT molecular complexity index is 351. The minimum absolute atomic E-state index is 0.791. The second kappa shape index (κ2) is 3.46. The molecule has 2 aliphatic heterocycles. The van der Waals surface area contributed by atoms with Crippen LogP contribution in [0.3, 0.4) is 0 Å². The fourth-order valence-corrected chi connectivity index (χ4v) is 8.83. The molecule has 0 spiro atoms. The highest BCUT2D eigenvalue weighted by Gasteiger charge is 2.54. The summed E-state index contributed by atoms with van der Waals surface area (Å²) in [5.41, 5.74) is 0.889. The van der Waals surface area contributed by atoms with Gasteiger partial charge in [0.1, 0.15) is 0 Å². The summed E-state index contributed by atoms with van der Waals surface area (Å²) in [5, 5.41) is 1.54. The van der Waals surface area contributed by atoms with Crippen molar-refractivity contribution in [2.45, 2.75) is 31.4 Å². The third-order valence-electron chi connectivity index (χ3n) is 4.22. The van der Waals surface area contributed by atoms with Crippen LogP contribution in [0.4, 0.5) is 0 Å². The van der Waals surface area contributed by atoms with Gasteiger partial charge in [0.2, 0.25) is 8.32 Å². The van der Waals surface area contributed by atoms with Crippen molar-refractivity contribution in [3.8, 4) is 0 Å². The SMILES string of the molecule is C[C@@H]1CO[Si@]2(c3ccccc3)CCC[C@H]12. The van der Waals surface area contributed by atoms with Gasteiger partial charge in [-0.3, -0.25) is 0 Å². The standard InChI is InChI=1S/C13H18OSi/c1-11-10-14-15(9-5-8-13(11)15)12-6-3-2-4-7-12/h2-4,6-7,11,13H,5,8-10H2,1H3/t11-,13-,15+/m1/s1. The third-order valence-corrected chi connectivity index (χ3v) is 9.36. The molecule has 15 heavy (non-hydrogen) atoms. The minimum Gasteiger partial charge on any atom is -0.412 e. The number of fused-ring (bicyclic) bond motifs is 1. The van der Waals surface area contributed by atoms with Crippen molar-refractivity contribution in [3.05, 3.63) is 30.3 Å². The summed E-state index contributed by atoms with van der Waals surface area (Å²) in [6, 6.07) is 12.4. The van der Waals surface area contributed by atoms with Gasteiger partial charge in [-0.1, -0.05) is 50.1 Å². The van der Waals surface area contributed by atoms with Crippen LogP contribution in [0.1, 0.15) is 19.8 Å². The van der Waals surface area contributed by atoms with Gasteiger partial charge in [0.05, 0.1) is 0 Å². The van der Waals surface area contributed by atoms with Crippen molar-refractivity contribution in [2.75, 3.05) is 6.61 Å². The molecule has 0 N–H and O–H groups in total. The molecule has 0 unspecified atom stereocenters. The molecule has 0 saturated carbocycles. The second-order valence-electron chi connectivity index (χ2n) is 5.04. The average Bonchev–Trinajstić information content (AvgIpc) is 2.83. The van der Waals surface area contributed by atoms with Gasteiger partial charge in [-0.25, -0.2) is 0 Å². The molecule has 0 amide bonds. The van der Waals surface area contributed by atoms with Gasteiger partial charge in [-0.2, -0.15) is 0 Å². The van der Waals surface area contributed by atoms with Crippen molar-refractivity contribution in [3.63, 3.8) is 0 Å². The molecule has 2 fully saturated rings. The first kappa shape index (κ1) is 9.61. The van der Waals surface area contributed by atoms with Crippen LogP contribution in [0.5, 0.6) is 0 Å². The Morgan fingerprint density at radius 3 is 2.87 bits per heavy atom. The van der Waals surface area contributed by atoms with E-state index in [1.54, 1.807) is 0 Å². The van der Waals surface area contributed by atoms with E-state index >= 15 is 0 Å². The Hall–Kier alpha value is -0.603. The average molecular weight is 218 g/mol. The Balaban J connectivity index is 2.03. The molecule has 0 bridgehead atoms. The number of benzene rings is 1. The normalized spacial score (nSPS) is 39.3. The van der Waals surface area contributed by atoms with Gasteiger partial charge in [0.25, 0.3) is 0 Å². The lowest BCUT2D eigenvalue weighted by Gasteiger charge is -2.26. The fraction of sp³-hybridized carbons (Fsp3) is 0.538. The quantitative estimate of drug-likeness (QED) is 0.659. The van der Waals surface area contributed by atoms with Gasteiger partial charge in [0, 0.05) is 6.61 Å². The van der Waals surface area contributed by atoms with E-state index in [0.29, 0.717) is 0 Å². The lowest BCUT2D eigenvalue weighted by molar-refractivity contribution is 0.305. The number of rotatable bonds is 1. The molecule has 2 saturated heterocycles. The Labute approximate surface area is 92.6 Å². The van der Waals surface area contributed by atoms with Crippen molar-refractivity contribution < 1.29 is 4.43 Å². The van der Waals surface area contributed by atoms with E-state index < -0.39 is 8.32 Å². The molecule has 1 aromatic rings. The largest absolute Gasteiger partial charge is 0.412 e. The monoisotopic (exact) mass is 218 g/mol. The summed E-state index contributed by atoms with van der Waals surface area (Å²) in [7, 11) is -1.54. The van der Waals surface area contributed by atoms with E-state index in [0.717, 1.165) is 18.1 Å². The topological polar surface area (TPSA) is 9.23 Å². The van der Waals surface area contributed by atoms with Crippen molar-refractivity contribution in [2.24, 2.45) is 5.92 Å². The summed E-state index contributed by atoms with van der Waals surface area (Å²) in [5.74, 6) is 0.791. The Morgan fingerprint density at radius 2 is 2.07 bits per heavy atom. The molecule has 0 aromatic heterocycles. The molecule has 3 atom stereocenters. The van der Waals surface area contributed by atoms with Gasteiger partial charge >= 0.3 is 0 Å². The Morgan fingerprint density at radius 1 is 1.27 bits per heavy atom. The van der Waals surface area contributed by atoms with Crippen molar-refractivity contribution in [1.29, 1.82) is 0 Å². The zero-order valence-electron chi connectivity index (χ0n) is 9.28. The highest BCUT2D eigenvalue weighted by atomic mass is 28.4.